The van der Waals surface area contributed by atoms with E-state index in [1.54, 1.807) is 24.4 Å². The molecule has 1 fully saturated rings. The van der Waals surface area contributed by atoms with Crippen LogP contribution in [0.2, 0.25) is 5.02 Å². The average Bonchev–Trinajstić information content (AvgIpc) is 3.24. The number of carbonyl (C=O) groups excluding carboxylic acids is 2. The van der Waals surface area contributed by atoms with Crippen LogP contribution >= 0.6 is 11.6 Å². The molecular weight excluding hydrogens is 314 g/mol. The zero-order chi connectivity index (χ0) is 16.3. The fourth-order valence-electron chi connectivity index (χ4n) is 3.18. The summed E-state index contributed by atoms with van der Waals surface area (Å²) in [4.78, 5) is 27.5. The highest BCUT2D eigenvalue weighted by Crippen LogP contribution is 2.41. The number of aromatic amines is 1. The highest BCUT2D eigenvalue weighted by atomic mass is 35.5. The highest BCUT2D eigenvalue weighted by Gasteiger charge is 2.43. The van der Waals surface area contributed by atoms with Gasteiger partial charge in [0.2, 0.25) is 5.91 Å². The summed E-state index contributed by atoms with van der Waals surface area (Å²) in [5.74, 6) is -0.570. The van der Waals surface area contributed by atoms with Gasteiger partial charge in [-0.25, -0.2) is 0 Å². The number of benzene rings is 1. The summed E-state index contributed by atoms with van der Waals surface area (Å²) in [6.07, 6.45) is 5.10. The van der Waals surface area contributed by atoms with Gasteiger partial charge in [-0.2, -0.15) is 0 Å². The Kier molecular flexibility index (Phi) is 4.39. The van der Waals surface area contributed by atoms with Crippen LogP contribution in [0.5, 0.6) is 0 Å². The quantitative estimate of drug-likeness (QED) is 0.756. The molecule has 1 aliphatic carbocycles. The Morgan fingerprint density at radius 3 is 2.52 bits per heavy atom. The van der Waals surface area contributed by atoms with Crippen molar-refractivity contribution in [1.82, 2.24) is 15.8 Å². The Morgan fingerprint density at radius 2 is 1.87 bits per heavy atom. The van der Waals surface area contributed by atoms with Crippen LogP contribution < -0.4 is 10.9 Å². The summed E-state index contributed by atoms with van der Waals surface area (Å²) in [7, 11) is 0. The minimum atomic E-state index is -0.631. The van der Waals surface area contributed by atoms with E-state index in [-0.39, 0.29) is 11.8 Å². The molecule has 2 aromatic rings. The number of hydrazine groups is 1. The fourth-order valence-corrected chi connectivity index (χ4v) is 3.37. The molecule has 23 heavy (non-hydrogen) atoms. The van der Waals surface area contributed by atoms with Crippen molar-refractivity contribution < 1.29 is 9.59 Å². The monoisotopic (exact) mass is 331 g/mol. The smallest absolute Gasteiger partial charge is 0.286 e. The number of halogens is 1. The molecule has 0 spiro atoms. The van der Waals surface area contributed by atoms with E-state index in [0.29, 0.717) is 10.7 Å². The van der Waals surface area contributed by atoms with Crippen molar-refractivity contribution in [3.05, 3.63) is 58.9 Å². The lowest BCUT2D eigenvalue weighted by Gasteiger charge is -2.28. The molecular formula is C17H18ClN3O2. The number of amides is 2. The third-order valence-electron chi connectivity index (χ3n) is 4.40. The van der Waals surface area contributed by atoms with Gasteiger partial charge in [0.1, 0.15) is 5.69 Å². The molecule has 6 heteroatoms. The topological polar surface area (TPSA) is 74.0 Å². The first-order valence-corrected chi connectivity index (χ1v) is 8.00. The second-order valence-electron chi connectivity index (χ2n) is 5.79. The van der Waals surface area contributed by atoms with Gasteiger partial charge in [-0.15, -0.1) is 0 Å². The lowest BCUT2D eigenvalue weighted by Crippen LogP contribution is -2.50. The number of H-pyrrole nitrogens is 1. The van der Waals surface area contributed by atoms with Crippen molar-refractivity contribution in [3.8, 4) is 0 Å². The summed E-state index contributed by atoms with van der Waals surface area (Å²) < 4.78 is 0. The zero-order valence-corrected chi connectivity index (χ0v) is 13.3. The number of nitrogens with one attached hydrogen (secondary N) is 3. The number of rotatable bonds is 3. The summed E-state index contributed by atoms with van der Waals surface area (Å²) in [5, 5.41) is 0.608. The Bertz CT molecular complexity index is 706. The lowest BCUT2D eigenvalue weighted by molar-refractivity contribution is -0.127. The van der Waals surface area contributed by atoms with E-state index in [4.69, 9.17) is 11.6 Å². The SMILES string of the molecule is O=C(NNC(=O)C1(c2cccc(Cl)c2)CCCC1)c1ccc[nH]1. The second-order valence-corrected chi connectivity index (χ2v) is 6.23. The molecule has 0 bridgehead atoms. The van der Waals surface area contributed by atoms with Crippen molar-refractivity contribution in [3.63, 3.8) is 0 Å². The molecule has 5 nitrogen and oxygen atoms in total. The van der Waals surface area contributed by atoms with Crippen LogP contribution in [0, 0.1) is 0 Å². The predicted molar refractivity (Wildman–Crippen MR) is 88.0 cm³/mol. The van der Waals surface area contributed by atoms with Crippen molar-refractivity contribution in [1.29, 1.82) is 0 Å². The average molecular weight is 332 g/mol. The van der Waals surface area contributed by atoms with Crippen LogP contribution in [0.25, 0.3) is 0 Å². The van der Waals surface area contributed by atoms with Gasteiger partial charge in [0, 0.05) is 11.2 Å². The van der Waals surface area contributed by atoms with Gasteiger partial charge < -0.3 is 4.98 Å². The maximum atomic E-state index is 12.8. The molecule has 0 unspecified atom stereocenters. The normalized spacial score (nSPS) is 16.0. The van der Waals surface area contributed by atoms with E-state index in [2.05, 4.69) is 15.8 Å². The molecule has 3 N–H and O–H groups in total. The molecule has 3 rings (SSSR count). The molecule has 2 amide bonds. The first-order chi connectivity index (χ1) is 11.1. The third-order valence-corrected chi connectivity index (χ3v) is 4.64. The largest absolute Gasteiger partial charge is 0.357 e. The van der Waals surface area contributed by atoms with Gasteiger partial charge in [0.15, 0.2) is 0 Å². The van der Waals surface area contributed by atoms with Crippen LogP contribution in [0.4, 0.5) is 0 Å². The minimum Gasteiger partial charge on any atom is -0.357 e. The van der Waals surface area contributed by atoms with Gasteiger partial charge in [-0.3, -0.25) is 20.4 Å². The van der Waals surface area contributed by atoms with Crippen LogP contribution in [0.3, 0.4) is 0 Å². The summed E-state index contributed by atoms with van der Waals surface area (Å²) in [5.41, 5.74) is 5.70. The van der Waals surface area contributed by atoms with Gasteiger partial charge in [0.25, 0.3) is 5.91 Å². The Balaban J connectivity index is 1.76. The number of carbonyl (C=O) groups is 2. The lowest BCUT2D eigenvalue weighted by atomic mass is 9.78. The standard InChI is InChI=1S/C17H18ClN3O2/c18-13-6-3-5-12(11-13)17(8-1-2-9-17)16(23)21-20-15(22)14-7-4-10-19-14/h3-7,10-11,19H,1-2,8-9H2,(H,20,22)(H,21,23). The second kappa shape index (κ2) is 6.46. The summed E-state index contributed by atoms with van der Waals surface area (Å²) in [6.45, 7) is 0. The van der Waals surface area contributed by atoms with Gasteiger partial charge in [-0.1, -0.05) is 36.6 Å². The van der Waals surface area contributed by atoms with Crippen molar-refractivity contribution in [2.45, 2.75) is 31.1 Å². The van der Waals surface area contributed by atoms with Crippen LogP contribution in [-0.2, 0) is 10.2 Å². The fraction of sp³-hybridized carbons (Fsp3) is 0.294. The van der Waals surface area contributed by atoms with Gasteiger partial charge in [-0.05, 0) is 42.7 Å². The number of hydrogen-bond donors (Lipinski definition) is 3. The molecule has 1 aliphatic rings. The maximum absolute atomic E-state index is 12.8. The molecule has 0 saturated heterocycles. The zero-order valence-electron chi connectivity index (χ0n) is 12.6. The Labute approximate surface area is 139 Å². The molecule has 0 aliphatic heterocycles. The molecule has 0 atom stereocenters. The molecule has 1 saturated carbocycles. The minimum absolute atomic E-state index is 0.197. The Morgan fingerprint density at radius 1 is 1.09 bits per heavy atom. The van der Waals surface area contributed by atoms with Crippen molar-refractivity contribution in [2.75, 3.05) is 0 Å². The molecule has 0 radical (unpaired) electrons. The summed E-state index contributed by atoms with van der Waals surface area (Å²) in [6, 6.07) is 10.8. The van der Waals surface area contributed by atoms with E-state index in [9.17, 15) is 9.59 Å². The first kappa shape index (κ1) is 15.6. The number of aromatic nitrogens is 1. The predicted octanol–water partition coefficient (Wildman–Crippen LogP) is 2.94. The van der Waals surface area contributed by atoms with E-state index in [0.717, 1.165) is 31.2 Å². The van der Waals surface area contributed by atoms with E-state index in [1.807, 2.05) is 18.2 Å². The summed E-state index contributed by atoms with van der Waals surface area (Å²) >= 11 is 6.08. The Hall–Kier alpha value is -2.27. The van der Waals surface area contributed by atoms with Crippen molar-refractivity contribution >= 4 is 23.4 Å². The van der Waals surface area contributed by atoms with Crippen LogP contribution in [0.1, 0.15) is 41.7 Å². The van der Waals surface area contributed by atoms with Gasteiger partial charge in [0.05, 0.1) is 5.41 Å². The number of hydrogen-bond acceptors (Lipinski definition) is 2. The molecule has 120 valence electrons. The van der Waals surface area contributed by atoms with Gasteiger partial charge >= 0.3 is 0 Å². The van der Waals surface area contributed by atoms with E-state index in [1.165, 1.54) is 0 Å². The van der Waals surface area contributed by atoms with Crippen LogP contribution in [-0.4, -0.2) is 16.8 Å². The molecule has 1 heterocycles. The van der Waals surface area contributed by atoms with E-state index >= 15 is 0 Å². The third kappa shape index (κ3) is 3.10. The van der Waals surface area contributed by atoms with Crippen molar-refractivity contribution in [2.24, 2.45) is 0 Å². The first-order valence-electron chi connectivity index (χ1n) is 7.62. The van der Waals surface area contributed by atoms with Crippen LogP contribution in [0.15, 0.2) is 42.6 Å². The molecule has 1 aromatic heterocycles. The maximum Gasteiger partial charge on any atom is 0.286 e. The van der Waals surface area contributed by atoms with E-state index < -0.39 is 5.41 Å². The highest BCUT2D eigenvalue weighted by molar-refractivity contribution is 6.30. The molecule has 1 aromatic carbocycles.